The summed E-state index contributed by atoms with van der Waals surface area (Å²) >= 11 is 3.55. The minimum atomic E-state index is 0. The highest BCUT2D eigenvalue weighted by atomic mass is 79.9. The molecule has 0 saturated carbocycles. The quantitative estimate of drug-likeness (QED) is 0.324. The van der Waals surface area contributed by atoms with Gasteiger partial charge in [0, 0.05) is 9.27 Å². The number of tetrazole rings is 1. The molecule has 7 heteroatoms. The van der Waals surface area contributed by atoms with Gasteiger partial charge < -0.3 is 17.1 Å². The molecule has 5 rings (SSSR count). The van der Waals surface area contributed by atoms with Crippen LogP contribution in [0, 0.1) is 0 Å². The Hall–Kier alpha value is -3.48. The van der Waals surface area contributed by atoms with Crippen LogP contribution in [0.5, 0.6) is 5.75 Å². The smallest absolute Gasteiger partial charge is 0.340 e. The predicted octanol–water partition coefficient (Wildman–Crippen LogP) is 2.56. The number of halogens is 2. The molecule has 4 aromatic carbocycles. The van der Waals surface area contributed by atoms with Crippen LogP contribution in [0.25, 0.3) is 22.8 Å². The second-order valence-electron chi connectivity index (χ2n) is 7.22. The number of aromatic nitrogens is 4. The van der Waals surface area contributed by atoms with Crippen LogP contribution in [-0.4, -0.2) is 15.0 Å². The Morgan fingerprint density at radius 2 is 1.48 bits per heavy atom. The number of ether oxygens (including phenoxy) is 1. The largest absolute Gasteiger partial charge is 1.00 e. The van der Waals surface area contributed by atoms with Crippen molar-refractivity contribution in [1.82, 2.24) is 15.0 Å². The van der Waals surface area contributed by atoms with Crippen molar-refractivity contribution in [3.63, 3.8) is 0 Å². The van der Waals surface area contributed by atoms with E-state index >= 15 is 0 Å². The van der Waals surface area contributed by atoms with Crippen LogP contribution in [-0.2, 0) is 6.61 Å². The van der Waals surface area contributed by atoms with Crippen LogP contribution in [0.15, 0.2) is 114 Å². The fourth-order valence-electron chi connectivity index (χ4n) is 3.34. The van der Waals surface area contributed by atoms with Gasteiger partial charge in [0.1, 0.15) is 18.0 Å². The molecule has 0 radical (unpaired) electrons. The summed E-state index contributed by atoms with van der Waals surface area (Å²) in [6, 6.07) is 35.9. The third-order valence-corrected chi connectivity index (χ3v) is 5.44. The SMILES string of the molecule is Brc1cccc(-n2nc(-c3ccc(OCc4ccccc4)cc3)n[n+]2-c2ccccc2)c1.[Cl-]. The number of para-hydroxylation sites is 1. The van der Waals surface area contributed by atoms with E-state index in [1.807, 2.05) is 97.1 Å². The van der Waals surface area contributed by atoms with Crippen LogP contribution >= 0.6 is 15.9 Å². The molecule has 0 spiro atoms. The van der Waals surface area contributed by atoms with Crippen LogP contribution in [0.4, 0.5) is 0 Å². The molecule has 164 valence electrons. The highest BCUT2D eigenvalue weighted by molar-refractivity contribution is 9.10. The van der Waals surface area contributed by atoms with E-state index < -0.39 is 0 Å². The Morgan fingerprint density at radius 1 is 0.788 bits per heavy atom. The average molecular weight is 520 g/mol. The molecule has 0 fully saturated rings. The summed E-state index contributed by atoms with van der Waals surface area (Å²) in [6.45, 7) is 0.532. The Bertz CT molecular complexity index is 1330. The second kappa shape index (κ2) is 10.4. The first-order valence-electron chi connectivity index (χ1n) is 10.2. The number of rotatable bonds is 6. The van der Waals surface area contributed by atoms with Gasteiger partial charge in [-0.1, -0.05) is 70.5 Å². The summed E-state index contributed by atoms with van der Waals surface area (Å²) in [5.41, 5.74) is 3.88. The minimum absolute atomic E-state index is 0. The van der Waals surface area contributed by atoms with E-state index in [1.54, 1.807) is 9.59 Å². The lowest BCUT2D eigenvalue weighted by Gasteiger charge is -2.05. The molecule has 1 heterocycles. The van der Waals surface area contributed by atoms with Gasteiger partial charge >= 0.3 is 5.82 Å². The molecule has 0 N–H and O–H groups in total. The maximum atomic E-state index is 5.91. The van der Waals surface area contributed by atoms with Gasteiger partial charge in [0.2, 0.25) is 0 Å². The van der Waals surface area contributed by atoms with Crippen molar-refractivity contribution < 1.29 is 21.9 Å². The molecule has 0 bridgehead atoms. The number of hydrogen-bond donors (Lipinski definition) is 0. The van der Waals surface area contributed by atoms with Crippen molar-refractivity contribution in [1.29, 1.82) is 0 Å². The molecular weight excluding hydrogens is 500 g/mol. The number of nitrogens with zero attached hydrogens (tertiary/aromatic N) is 4. The number of hydrogen-bond acceptors (Lipinski definition) is 3. The maximum absolute atomic E-state index is 5.91. The zero-order valence-electron chi connectivity index (χ0n) is 17.6. The summed E-state index contributed by atoms with van der Waals surface area (Å²) in [5.74, 6) is 1.43. The maximum Gasteiger partial charge on any atom is 0.340 e. The summed E-state index contributed by atoms with van der Waals surface area (Å²) < 4.78 is 6.89. The van der Waals surface area contributed by atoms with Gasteiger partial charge in [-0.2, -0.15) is 0 Å². The molecule has 0 aliphatic carbocycles. The lowest BCUT2D eigenvalue weighted by atomic mass is 10.2. The lowest BCUT2D eigenvalue weighted by molar-refractivity contribution is -0.734. The van der Waals surface area contributed by atoms with Crippen molar-refractivity contribution in [3.8, 4) is 28.5 Å². The van der Waals surface area contributed by atoms with E-state index in [9.17, 15) is 0 Å². The Kier molecular flexibility index (Phi) is 7.17. The van der Waals surface area contributed by atoms with E-state index in [0.29, 0.717) is 12.4 Å². The van der Waals surface area contributed by atoms with E-state index in [0.717, 1.165) is 32.7 Å². The molecule has 0 saturated heterocycles. The molecule has 0 unspecified atom stereocenters. The third kappa shape index (κ3) is 5.30. The normalized spacial score (nSPS) is 10.5. The Balaban J connectivity index is 0.00000259. The summed E-state index contributed by atoms with van der Waals surface area (Å²) in [7, 11) is 0. The fraction of sp³-hybridized carbons (Fsp3) is 0.0385. The van der Waals surface area contributed by atoms with Crippen molar-refractivity contribution in [2.24, 2.45) is 0 Å². The van der Waals surface area contributed by atoms with Gasteiger partial charge in [0.05, 0.1) is 10.7 Å². The van der Waals surface area contributed by atoms with Crippen LogP contribution in [0.3, 0.4) is 0 Å². The number of benzene rings is 4. The molecule has 0 aliphatic rings. The van der Waals surface area contributed by atoms with E-state index in [2.05, 4.69) is 28.1 Å². The second-order valence-corrected chi connectivity index (χ2v) is 8.13. The molecule has 0 amide bonds. The third-order valence-electron chi connectivity index (χ3n) is 4.95. The fourth-order valence-corrected chi connectivity index (χ4v) is 3.72. The highest BCUT2D eigenvalue weighted by Crippen LogP contribution is 2.21. The van der Waals surface area contributed by atoms with Crippen molar-refractivity contribution in [2.45, 2.75) is 6.61 Å². The topological polar surface area (TPSA) is 43.8 Å². The van der Waals surface area contributed by atoms with Gasteiger partial charge in [0.25, 0.3) is 0 Å². The monoisotopic (exact) mass is 518 g/mol. The molecule has 5 nitrogen and oxygen atoms in total. The van der Waals surface area contributed by atoms with Crippen molar-refractivity contribution >= 4 is 15.9 Å². The van der Waals surface area contributed by atoms with E-state index in [-0.39, 0.29) is 12.4 Å². The molecule has 0 atom stereocenters. The van der Waals surface area contributed by atoms with Gasteiger partial charge in [-0.25, -0.2) is 0 Å². The van der Waals surface area contributed by atoms with Gasteiger partial charge in [-0.05, 0) is 70.1 Å². The summed E-state index contributed by atoms with van der Waals surface area (Å²) in [6.07, 6.45) is 0. The van der Waals surface area contributed by atoms with Crippen molar-refractivity contribution in [2.75, 3.05) is 0 Å². The van der Waals surface area contributed by atoms with Crippen molar-refractivity contribution in [3.05, 3.63) is 119 Å². The molecule has 1 aromatic heterocycles. The zero-order valence-corrected chi connectivity index (χ0v) is 19.9. The minimum Gasteiger partial charge on any atom is -1.00 e. The summed E-state index contributed by atoms with van der Waals surface area (Å²) in [5, 5.41) is 9.59. The standard InChI is InChI=1S/C26H20BrN4O.ClH/c27-22-10-7-13-24(18-22)31-29-26(28-30(31)23-11-5-2-6-12-23)21-14-16-25(17-15-21)32-19-20-8-3-1-4-9-20;/h1-18H,19H2;1H/q+1;/p-1. The molecular formula is C26H20BrClN4O. The van der Waals surface area contributed by atoms with Gasteiger partial charge in [0.15, 0.2) is 5.69 Å². The first-order chi connectivity index (χ1) is 15.8. The van der Waals surface area contributed by atoms with E-state index in [1.165, 1.54) is 0 Å². The lowest BCUT2D eigenvalue weighted by Crippen LogP contribution is -3.00. The molecule has 5 aromatic rings. The van der Waals surface area contributed by atoms with Crippen LogP contribution in [0.2, 0.25) is 0 Å². The first kappa shape index (κ1) is 22.7. The Labute approximate surface area is 206 Å². The van der Waals surface area contributed by atoms with E-state index in [4.69, 9.17) is 14.9 Å². The zero-order chi connectivity index (χ0) is 21.8. The molecule has 0 aliphatic heterocycles. The van der Waals surface area contributed by atoms with Crippen LogP contribution < -0.4 is 21.9 Å². The van der Waals surface area contributed by atoms with Gasteiger partial charge in [-0.15, -0.1) is 0 Å². The molecule has 33 heavy (non-hydrogen) atoms. The first-order valence-corrected chi connectivity index (χ1v) is 11.0. The van der Waals surface area contributed by atoms with Gasteiger partial charge in [-0.3, -0.25) is 0 Å². The predicted molar refractivity (Wildman–Crippen MR) is 127 cm³/mol. The summed E-state index contributed by atoms with van der Waals surface area (Å²) in [4.78, 5) is 3.60. The Morgan fingerprint density at radius 3 is 2.18 bits per heavy atom. The van der Waals surface area contributed by atoms with Crippen LogP contribution in [0.1, 0.15) is 5.56 Å². The average Bonchev–Trinajstić information content (AvgIpc) is 3.30. The highest BCUT2D eigenvalue weighted by Gasteiger charge is 2.23.